The molecule has 12 rings (SSSR count). The maximum Gasteiger partial charge on any atom is 0.163 e. The molecule has 1 unspecified atom stereocenters. The van der Waals surface area contributed by atoms with Gasteiger partial charge in [0.25, 0.3) is 0 Å². The van der Waals surface area contributed by atoms with E-state index in [1.807, 2.05) is 36.4 Å². The van der Waals surface area contributed by atoms with Crippen LogP contribution >= 0.6 is 0 Å². The van der Waals surface area contributed by atoms with Gasteiger partial charge in [-0.1, -0.05) is 146 Å². The molecule has 6 heteroatoms. The third kappa shape index (κ3) is 4.90. The molecule has 57 heavy (non-hydrogen) atoms. The van der Waals surface area contributed by atoms with Crippen LogP contribution < -0.4 is 5.32 Å². The number of aliphatic imine (C=N–C) groups is 2. The molecule has 3 aromatic heterocycles. The number of fused-ring (bicyclic) bond motifs is 9. The molecule has 0 aliphatic carbocycles. The highest BCUT2D eigenvalue weighted by atomic mass is 16.3. The summed E-state index contributed by atoms with van der Waals surface area (Å²) in [5.74, 6) is 1.39. The number of amidine groups is 2. The Morgan fingerprint density at radius 3 is 1.79 bits per heavy atom. The van der Waals surface area contributed by atoms with E-state index in [0.717, 1.165) is 94.3 Å². The average Bonchev–Trinajstić information content (AvgIpc) is 3.96. The van der Waals surface area contributed by atoms with Crippen LogP contribution in [0.1, 0.15) is 22.9 Å². The second kappa shape index (κ2) is 12.4. The van der Waals surface area contributed by atoms with E-state index in [1.54, 1.807) is 0 Å². The lowest BCUT2D eigenvalue weighted by atomic mass is 10.00. The predicted molar refractivity (Wildman–Crippen MR) is 233 cm³/mol. The van der Waals surface area contributed by atoms with Gasteiger partial charge >= 0.3 is 0 Å². The Balaban J connectivity index is 1.01. The first-order valence-corrected chi connectivity index (χ1v) is 19.2. The first-order chi connectivity index (χ1) is 28.3. The normalized spacial score (nSPS) is 14.5. The highest BCUT2D eigenvalue weighted by Gasteiger charge is 2.24. The SMILES string of the molecule is c1ccc(C2=NC(c3cccc4c3oc3c(-c5ccc6oc7c(-n8c9ccccc9c9ccccc98)cccc7c6c5)cccc34)=NC(c3ccccc3)N2)cc1. The van der Waals surface area contributed by atoms with Crippen molar-refractivity contribution in [3.63, 3.8) is 0 Å². The number of furan rings is 2. The minimum absolute atomic E-state index is 0.309. The van der Waals surface area contributed by atoms with Gasteiger partial charge in [0.2, 0.25) is 0 Å². The van der Waals surface area contributed by atoms with Crippen molar-refractivity contribution in [1.29, 1.82) is 0 Å². The van der Waals surface area contributed by atoms with Gasteiger partial charge in [0, 0.05) is 43.4 Å². The third-order valence-electron chi connectivity index (χ3n) is 11.3. The van der Waals surface area contributed by atoms with E-state index >= 15 is 0 Å². The molecule has 1 atom stereocenters. The van der Waals surface area contributed by atoms with E-state index in [-0.39, 0.29) is 6.17 Å². The fourth-order valence-electron chi connectivity index (χ4n) is 8.65. The Bertz CT molecular complexity index is 3390. The molecule has 11 aromatic rings. The van der Waals surface area contributed by atoms with Gasteiger partial charge in [-0.2, -0.15) is 0 Å². The maximum atomic E-state index is 6.94. The van der Waals surface area contributed by atoms with E-state index in [1.165, 1.54) is 10.8 Å². The monoisotopic (exact) mass is 732 g/mol. The van der Waals surface area contributed by atoms with Gasteiger partial charge in [-0.3, -0.25) is 0 Å². The van der Waals surface area contributed by atoms with Crippen LogP contribution in [0.3, 0.4) is 0 Å². The number of rotatable bonds is 5. The van der Waals surface area contributed by atoms with Crippen LogP contribution in [-0.2, 0) is 0 Å². The van der Waals surface area contributed by atoms with Crippen molar-refractivity contribution in [1.82, 2.24) is 9.88 Å². The lowest BCUT2D eigenvalue weighted by Crippen LogP contribution is -2.33. The molecule has 0 spiro atoms. The minimum Gasteiger partial charge on any atom is -0.455 e. The molecule has 8 aromatic carbocycles. The van der Waals surface area contributed by atoms with Gasteiger partial charge in [-0.05, 0) is 47.5 Å². The smallest absolute Gasteiger partial charge is 0.163 e. The van der Waals surface area contributed by atoms with Crippen molar-refractivity contribution in [3.05, 3.63) is 199 Å². The minimum atomic E-state index is -0.309. The zero-order valence-electron chi connectivity index (χ0n) is 30.6. The van der Waals surface area contributed by atoms with E-state index in [0.29, 0.717) is 5.84 Å². The molecule has 0 saturated heterocycles. The molecular formula is C51H32N4O2. The van der Waals surface area contributed by atoms with Crippen LogP contribution in [0.2, 0.25) is 0 Å². The third-order valence-corrected chi connectivity index (χ3v) is 11.3. The summed E-state index contributed by atoms with van der Waals surface area (Å²) in [6, 6.07) is 63.1. The number of para-hydroxylation sites is 5. The number of aromatic nitrogens is 1. The van der Waals surface area contributed by atoms with E-state index < -0.39 is 0 Å². The summed E-state index contributed by atoms with van der Waals surface area (Å²) < 4.78 is 16.0. The van der Waals surface area contributed by atoms with Crippen molar-refractivity contribution in [2.75, 3.05) is 0 Å². The second-order valence-electron chi connectivity index (χ2n) is 14.5. The lowest BCUT2D eigenvalue weighted by molar-refractivity contribution is 0.663. The molecule has 4 heterocycles. The van der Waals surface area contributed by atoms with Gasteiger partial charge < -0.3 is 18.7 Å². The number of nitrogens with one attached hydrogen (secondary N) is 1. The van der Waals surface area contributed by atoms with Crippen LogP contribution in [0, 0.1) is 0 Å². The standard InChI is InChI=1S/C51H32N4O2/c1-3-14-31(15-4-1)49-52-50(32-16-5-2-6-17-32)54-51(53-49)40-24-12-22-38-37-21-11-20-34(46(37)57-47(38)40)33-28-29-45-41(30-33)39-23-13-27-44(48(39)56-45)55-42-25-9-7-18-35(42)36-19-8-10-26-43(36)55/h1-30,49H,(H,52,53,54). The molecule has 0 saturated carbocycles. The van der Waals surface area contributed by atoms with Crippen LogP contribution in [0.5, 0.6) is 0 Å². The molecular weight excluding hydrogens is 701 g/mol. The van der Waals surface area contributed by atoms with Crippen LogP contribution in [-0.4, -0.2) is 16.2 Å². The van der Waals surface area contributed by atoms with Gasteiger partial charge in [0.05, 0.1) is 22.3 Å². The van der Waals surface area contributed by atoms with Crippen molar-refractivity contribution in [2.45, 2.75) is 6.17 Å². The molecule has 1 aliphatic heterocycles. The zero-order chi connectivity index (χ0) is 37.5. The number of benzene rings is 8. The molecule has 0 fully saturated rings. The summed E-state index contributed by atoms with van der Waals surface area (Å²) in [6.07, 6.45) is -0.309. The maximum absolute atomic E-state index is 6.94. The molecule has 0 bridgehead atoms. The fourth-order valence-corrected chi connectivity index (χ4v) is 8.65. The van der Waals surface area contributed by atoms with E-state index in [4.69, 9.17) is 18.8 Å². The van der Waals surface area contributed by atoms with Crippen LogP contribution in [0.15, 0.2) is 201 Å². The first kappa shape index (κ1) is 31.6. The fraction of sp³-hybridized carbons (Fsp3) is 0.0196. The van der Waals surface area contributed by atoms with Crippen molar-refractivity contribution < 1.29 is 8.83 Å². The molecule has 0 radical (unpaired) electrons. The highest BCUT2D eigenvalue weighted by molar-refractivity contribution is 6.21. The second-order valence-corrected chi connectivity index (χ2v) is 14.5. The molecule has 1 N–H and O–H groups in total. The number of nitrogens with zero attached hydrogens (tertiary/aromatic N) is 3. The van der Waals surface area contributed by atoms with Crippen LogP contribution in [0.25, 0.3) is 82.5 Å². The Hall–Kier alpha value is -7.70. The van der Waals surface area contributed by atoms with Gasteiger partial charge in [-0.15, -0.1) is 0 Å². The largest absolute Gasteiger partial charge is 0.455 e. The molecule has 0 amide bonds. The Kier molecular flexibility index (Phi) is 6.89. The summed E-state index contributed by atoms with van der Waals surface area (Å²) in [6.45, 7) is 0. The van der Waals surface area contributed by atoms with Gasteiger partial charge in [0.1, 0.15) is 28.8 Å². The summed E-state index contributed by atoms with van der Waals surface area (Å²) >= 11 is 0. The topological polar surface area (TPSA) is 68.0 Å². The Morgan fingerprint density at radius 1 is 0.456 bits per heavy atom. The van der Waals surface area contributed by atoms with E-state index in [2.05, 4.69) is 155 Å². The first-order valence-electron chi connectivity index (χ1n) is 19.2. The van der Waals surface area contributed by atoms with E-state index in [9.17, 15) is 0 Å². The van der Waals surface area contributed by atoms with Crippen molar-refractivity contribution >= 4 is 77.4 Å². The van der Waals surface area contributed by atoms with Crippen LogP contribution in [0.4, 0.5) is 0 Å². The highest BCUT2D eigenvalue weighted by Crippen LogP contribution is 2.42. The summed E-state index contributed by atoms with van der Waals surface area (Å²) in [5, 5.41) is 10.2. The lowest BCUT2D eigenvalue weighted by Gasteiger charge is -2.23. The summed E-state index contributed by atoms with van der Waals surface area (Å²) in [5.41, 5.74) is 11.5. The summed E-state index contributed by atoms with van der Waals surface area (Å²) in [4.78, 5) is 10.3. The molecule has 1 aliphatic rings. The zero-order valence-corrected chi connectivity index (χ0v) is 30.6. The quantitative estimate of drug-likeness (QED) is 0.192. The Morgan fingerprint density at radius 2 is 1.05 bits per heavy atom. The average molecular weight is 733 g/mol. The Labute approximate surface area is 326 Å². The number of hydrogen-bond donors (Lipinski definition) is 1. The predicted octanol–water partition coefficient (Wildman–Crippen LogP) is 12.7. The molecule has 6 nitrogen and oxygen atoms in total. The van der Waals surface area contributed by atoms with Gasteiger partial charge in [0.15, 0.2) is 11.4 Å². The van der Waals surface area contributed by atoms with Crippen molar-refractivity contribution in [2.24, 2.45) is 9.98 Å². The van der Waals surface area contributed by atoms with Gasteiger partial charge in [-0.25, -0.2) is 9.98 Å². The molecule has 268 valence electrons. The number of hydrogen-bond acceptors (Lipinski definition) is 5. The van der Waals surface area contributed by atoms with Crippen molar-refractivity contribution in [3.8, 4) is 16.8 Å². The summed E-state index contributed by atoms with van der Waals surface area (Å²) in [7, 11) is 0.